The molecule has 0 atom stereocenters. The lowest BCUT2D eigenvalue weighted by Crippen LogP contribution is -2.42. The fourth-order valence-electron chi connectivity index (χ4n) is 2.41. The van der Waals surface area contributed by atoms with Gasteiger partial charge in [-0.05, 0) is 30.3 Å². The van der Waals surface area contributed by atoms with Crippen molar-refractivity contribution >= 4 is 29.9 Å². The number of imide groups is 1. The lowest BCUT2D eigenvalue weighted by Gasteiger charge is -2.14. The van der Waals surface area contributed by atoms with Crippen LogP contribution >= 0.6 is 0 Å². The summed E-state index contributed by atoms with van der Waals surface area (Å²) in [6.45, 7) is -0.304. The summed E-state index contributed by atoms with van der Waals surface area (Å²) < 4.78 is 9.86. The molecule has 1 aliphatic rings. The minimum Gasteiger partial charge on any atom is -0.465 e. The van der Waals surface area contributed by atoms with Crippen molar-refractivity contribution in [1.82, 2.24) is 15.8 Å². The molecule has 2 heterocycles. The molecule has 9 nitrogen and oxygen atoms in total. The number of benzene rings is 1. The molecule has 2 N–H and O–H groups in total. The molecule has 4 amide bonds. The van der Waals surface area contributed by atoms with Crippen molar-refractivity contribution in [2.75, 3.05) is 13.2 Å². The van der Waals surface area contributed by atoms with Gasteiger partial charge in [0.1, 0.15) is 12.4 Å². The van der Waals surface area contributed by atoms with Gasteiger partial charge in [-0.3, -0.25) is 24.7 Å². The molecular weight excluding hydrogens is 354 g/mol. The van der Waals surface area contributed by atoms with E-state index in [9.17, 15) is 19.2 Å². The summed E-state index contributed by atoms with van der Waals surface area (Å²) >= 11 is 0. The van der Waals surface area contributed by atoms with Gasteiger partial charge in [-0.2, -0.15) is 0 Å². The summed E-state index contributed by atoms with van der Waals surface area (Å²) in [6, 6.07) is 9.79. The van der Waals surface area contributed by atoms with Gasteiger partial charge in [0.05, 0.1) is 23.9 Å². The number of hydrazine groups is 1. The lowest BCUT2D eigenvalue weighted by atomic mass is 10.1. The van der Waals surface area contributed by atoms with E-state index in [-0.39, 0.29) is 13.2 Å². The van der Waals surface area contributed by atoms with Crippen molar-refractivity contribution in [2.45, 2.75) is 0 Å². The zero-order valence-electron chi connectivity index (χ0n) is 14.0. The highest BCUT2D eigenvalue weighted by Gasteiger charge is 2.34. The maximum atomic E-state index is 12.1. The van der Waals surface area contributed by atoms with Crippen LogP contribution in [0.25, 0.3) is 6.08 Å². The summed E-state index contributed by atoms with van der Waals surface area (Å²) in [4.78, 5) is 48.4. The Morgan fingerprint density at radius 2 is 1.74 bits per heavy atom. The van der Waals surface area contributed by atoms with Crippen LogP contribution < -0.4 is 10.9 Å². The molecule has 0 radical (unpaired) electrons. The predicted molar refractivity (Wildman–Crippen MR) is 92.2 cm³/mol. The van der Waals surface area contributed by atoms with E-state index in [1.54, 1.807) is 36.4 Å². The second-order valence-electron chi connectivity index (χ2n) is 5.41. The van der Waals surface area contributed by atoms with Gasteiger partial charge < -0.3 is 9.15 Å². The Kier molecular flexibility index (Phi) is 5.31. The highest BCUT2D eigenvalue weighted by atomic mass is 16.6. The van der Waals surface area contributed by atoms with Crippen molar-refractivity contribution in [3.63, 3.8) is 0 Å². The monoisotopic (exact) mass is 369 g/mol. The Labute approximate surface area is 153 Å². The number of amides is 4. The topological polar surface area (TPSA) is 118 Å². The van der Waals surface area contributed by atoms with E-state index in [1.807, 2.05) is 5.43 Å². The third-order valence-electron chi connectivity index (χ3n) is 3.66. The molecule has 138 valence electrons. The minimum absolute atomic E-state index is 0.0912. The van der Waals surface area contributed by atoms with Crippen LogP contribution in [0.5, 0.6) is 0 Å². The van der Waals surface area contributed by atoms with E-state index in [0.717, 1.165) is 11.0 Å². The summed E-state index contributed by atoms with van der Waals surface area (Å²) in [5, 5.41) is 0. The van der Waals surface area contributed by atoms with E-state index < -0.39 is 23.8 Å². The quantitative estimate of drug-likeness (QED) is 0.467. The van der Waals surface area contributed by atoms with Crippen molar-refractivity contribution in [3.8, 4) is 0 Å². The number of ether oxygens (including phenoxy) is 1. The highest BCUT2D eigenvalue weighted by molar-refractivity contribution is 6.21. The highest BCUT2D eigenvalue weighted by Crippen LogP contribution is 2.21. The van der Waals surface area contributed by atoms with Gasteiger partial charge in [-0.25, -0.2) is 10.2 Å². The summed E-state index contributed by atoms with van der Waals surface area (Å²) in [6.07, 6.45) is 3.12. The number of hydrogen-bond acceptors (Lipinski definition) is 6. The minimum atomic E-state index is -0.925. The molecule has 27 heavy (non-hydrogen) atoms. The number of carbonyl (C=O) groups excluding carboxylic acids is 4. The van der Waals surface area contributed by atoms with E-state index >= 15 is 0 Å². The number of fused-ring (bicyclic) bond motifs is 1. The largest absolute Gasteiger partial charge is 0.465 e. The van der Waals surface area contributed by atoms with Crippen LogP contribution in [0.2, 0.25) is 0 Å². The molecule has 0 saturated heterocycles. The van der Waals surface area contributed by atoms with Crippen LogP contribution in [0.15, 0.2) is 53.2 Å². The van der Waals surface area contributed by atoms with E-state index in [1.165, 1.54) is 12.3 Å². The Hall–Kier alpha value is -3.88. The van der Waals surface area contributed by atoms with Crippen molar-refractivity contribution in [1.29, 1.82) is 0 Å². The van der Waals surface area contributed by atoms with Gasteiger partial charge in [0.2, 0.25) is 0 Å². The third-order valence-corrected chi connectivity index (χ3v) is 3.66. The number of nitrogens with zero attached hydrogens (tertiary/aromatic N) is 1. The van der Waals surface area contributed by atoms with Gasteiger partial charge in [-0.15, -0.1) is 0 Å². The average Bonchev–Trinajstić information content (AvgIpc) is 3.28. The Morgan fingerprint density at radius 1 is 1.04 bits per heavy atom. The molecule has 9 heteroatoms. The van der Waals surface area contributed by atoms with Crippen molar-refractivity contribution < 1.29 is 28.3 Å². The summed E-state index contributed by atoms with van der Waals surface area (Å²) in [5.74, 6) is -0.982. The SMILES string of the molecule is O=C(/C=C/c1ccco1)NNC(=O)OCCN1C(=O)c2ccccc2C1=O. The molecule has 3 rings (SSSR count). The number of carbonyl (C=O) groups is 4. The van der Waals surface area contributed by atoms with Crippen LogP contribution in [0.4, 0.5) is 4.79 Å². The summed E-state index contributed by atoms with van der Waals surface area (Å²) in [7, 11) is 0. The molecule has 0 saturated carbocycles. The normalized spacial score (nSPS) is 13.0. The Balaban J connectivity index is 1.39. The zero-order valence-corrected chi connectivity index (χ0v) is 14.0. The van der Waals surface area contributed by atoms with E-state index in [2.05, 4.69) is 5.43 Å². The molecule has 0 fully saturated rings. The number of rotatable bonds is 5. The Bertz CT molecular complexity index is 869. The first kappa shape index (κ1) is 17.9. The lowest BCUT2D eigenvalue weighted by molar-refractivity contribution is -0.117. The Morgan fingerprint density at radius 3 is 2.37 bits per heavy atom. The molecule has 0 unspecified atom stereocenters. The fourth-order valence-corrected chi connectivity index (χ4v) is 2.41. The standard InChI is InChI=1S/C18H15N3O6/c22-15(8-7-12-4-3-10-26-12)19-20-18(25)27-11-9-21-16(23)13-5-1-2-6-14(13)17(21)24/h1-8,10H,9,11H2,(H,19,22)(H,20,25)/b8-7+. The molecule has 0 bridgehead atoms. The van der Waals surface area contributed by atoms with Crippen LogP contribution in [0.1, 0.15) is 26.5 Å². The third kappa shape index (κ3) is 4.21. The van der Waals surface area contributed by atoms with Gasteiger partial charge in [0.25, 0.3) is 17.7 Å². The molecule has 0 spiro atoms. The molecule has 1 aliphatic heterocycles. The van der Waals surface area contributed by atoms with Gasteiger partial charge in [0, 0.05) is 6.08 Å². The van der Waals surface area contributed by atoms with Gasteiger partial charge in [-0.1, -0.05) is 12.1 Å². The molecule has 1 aromatic heterocycles. The van der Waals surface area contributed by atoms with Crippen molar-refractivity contribution in [3.05, 3.63) is 65.6 Å². The molecule has 2 aromatic rings. The molecule has 1 aromatic carbocycles. The number of nitrogens with one attached hydrogen (secondary N) is 2. The second-order valence-corrected chi connectivity index (χ2v) is 5.41. The van der Waals surface area contributed by atoms with Crippen LogP contribution in [-0.2, 0) is 9.53 Å². The maximum absolute atomic E-state index is 12.1. The predicted octanol–water partition coefficient (Wildman–Crippen LogP) is 1.35. The molecular formula is C18H15N3O6. The first-order valence-corrected chi connectivity index (χ1v) is 7.96. The second kappa shape index (κ2) is 8.00. The fraction of sp³-hybridized carbons (Fsp3) is 0.111. The summed E-state index contributed by atoms with van der Waals surface area (Å²) in [5.41, 5.74) is 4.81. The van der Waals surface area contributed by atoms with E-state index in [4.69, 9.17) is 9.15 Å². The average molecular weight is 369 g/mol. The first-order valence-electron chi connectivity index (χ1n) is 7.96. The van der Waals surface area contributed by atoms with Crippen LogP contribution in [-0.4, -0.2) is 41.9 Å². The van der Waals surface area contributed by atoms with Gasteiger partial charge in [0.15, 0.2) is 0 Å². The number of hydrogen-bond donors (Lipinski definition) is 2. The van der Waals surface area contributed by atoms with E-state index in [0.29, 0.717) is 16.9 Å². The number of furan rings is 1. The zero-order chi connectivity index (χ0) is 19.2. The first-order chi connectivity index (χ1) is 13.1. The van der Waals surface area contributed by atoms with Gasteiger partial charge >= 0.3 is 6.09 Å². The van der Waals surface area contributed by atoms with Crippen LogP contribution in [0, 0.1) is 0 Å². The smallest absolute Gasteiger partial charge is 0.426 e. The van der Waals surface area contributed by atoms with Crippen molar-refractivity contribution in [2.24, 2.45) is 0 Å². The van der Waals surface area contributed by atoms with Crippen LogP contribution in [0.3, 0.4) is 0 Å². The maximum Gasteiger partial charge on any atom is 0.426 e. The molecule has 0 aliphatic carbocycles.